The highest BCUT2D eigenvalue weighted by molar-refractivity contribution is 5.37. The number of hydrogen-bond donors (Lipinski definition) is 1. The quantitative estimate of drug-likeness (QED) is 0.833. The maximum absolute atomic E-state index is 5.96. The molecule has 0 amide bonds. The minimum Gasteiger partial charge on any atom is -0.381 e. The van der Waals surface area contributed by atoms with E-state index >= 15 is 0 Å². The van der Waals surface area contributed by atoms with Gasteiger partial charge >= 0.3 is 0 Å². The van der Waals surface area contributed by atoms with Crippen LogP contribution in [0, 0.1) is 0 Å². The van der Waals surface area contributed by atoms with Gasteiger partial charge in [-0.2, -0.15) is 0 Å². The van der Waals surface area contributed by atoms with Gasteiger partial charge in [-0.3, -0.25) is 0 Å². The average molecular weight is 220 g/mol. The summed E-state index contributed by atoms with van der Waals surface area (Å²) in [7, 11) is 0. The molecule has 4 heteroatoms. The maximum Gasteiger partial charge on any atom is 0.169 e. The molecule has 3 rings (SSSR count). The molecule has 1 aromatic rings. The van der Waals surface area contributed by atoms with Gasteiger partial charge < -0.3 is 5.73 Å². The summed E-state index contributed by atoms with van der Waals surface area (Å²) in [6, 6.07) is 0.564. The first-order valence-electron chi connectivity index (χ1n) is 6.57. The van der Waals surface area contributed by atoms with Gasteiger partial charge in [-0.05, 0) is 25.7 Å². The topological polar surface area (TPSA) is 56.7 Å². The second-order valence-electron chi connectivity index (χ2n) is 5.22. The highest BCUT2D eigenvalue weighted by Gasteiger charge is 2.29. The Morgan fingerprint density at radius 2 is 1.75 bits per heavy atom. The van der Waals surface area contributed by atoms with E-state index in [9.17, 15) is 0 Å². The summed E-state index contributed by atoms with van der Waals surface area (Å²) in [5.41, 5.74) is 7.20. The number of nitrogens with two attached hydrogens (primary N) is 1. The van der Waals surface area contributed by atoms with Crippen molar-refractivity contribution in [1.82, 2.24) is 15.0 Å². The molecular formula is C12H20N4. The lowest BCUT2D eigenvalue weighted by molar-refractivity contribution is 0.296. The monoisotopic (exact) mass is 220 g/mol. The lowest BCUT2D eigenvalue weighted by atomic mass is 9.82. The molecule has 0 radical (unpaired) electrons. The van der Waals surface area contributed by atoms with Gasteiger partial charge in [0.25, 0.3) is 0 Å². The Hall–Kier alpha value is -1.06. The molecule has 2 fully saturated rings. The number of hydrogen-bond acceptors (Lipinski definition) is 3. The van der Waals surface area contributed by atoms with Crippen molar-refractivity contribution in [3.63, 3.8) is 0 Å². The number of nitrogens with zero attached hydrogens (tertiary/aromatic N) is 3. The first kappa shape index (κ1) is 10.1. The largest absolute Gasteiger partial charge is 0.381 e. The third-order valence-corrected chi connectivity index (χ3v) is 4.17. The molecule has 0 unspecified atom stereocenters. The lowest BCUT2D eigenvalue weighted by Gasteiger charge is -2.30. The van der Waals surface area contributed by atoms with Crippen LogP contribution in [0.4, 0.5) is 5.82 Å². The summed E-state index contributed by atoms with van der Waals surface area (Å²) in [5, 5.41) is 8.37. The van der Waals surface area contributed by atoms with Crippen LogP contribution in [0.25, 0.3) is 0 Å². The number of nitrogen functional groups attached to an aromatic ring is 1. The highest BCUT2D eigenvalue weighted by atomic mass is 15.5. The van der Waals surface area contributed by atoms with Gasteiger partial charge in [0.15, 0.2) is 5.82 Å². The van der Waals surface area contributed by atoms with Crippen LogP contribution in [0.3, 0.4) is 0 Å². The average Bonchev–Trinajstić information content (AvgIpc) is 2.60. The van der Waals surface area contributed by atoms with E-state index in [2.05, 4.69) is 15.0 Å². The Labute approximate surface area is 96.2 Å². The Balaban J connectivity index is 1.87. The molecule has 0 spiro atoms. The van der Waals surface area contributed by atoms with Crippen LogP contribution in [-0.2, 0) is 0 Å². The van der Waals surface area contributed by atoms with Gasteiger partial charge in [-0.15, -0.1) is 5.10 Å². The fraction of sp³-hybridized carbons (Fsp3) is 0.833. The normalized spacial score (nSPS) is 23.2. The molecule has 2 aliphatic carbocycles. The molecule has 0 saturated heterocycles. The molecule has 0 bridgehead atoms. The van der Waals surface area contributed by atoms with Crippen LogP contribution in [0.5, 0.6) is 0 Å². The molecule has 0 aromatic carbocycles. The molecule has 2 saturated carbocycles. The van der Waals surface area contributed by atoms with Crippen LogP contribution < -0.4 is 5.73 Å². The smallest absolute Gasteiger partial charge is 0.169 e. The van der Waals surface area contributed by atoms with E-state index in [1.165, 1.54) is 57.1 Å². The van der Waals surface area contributed by atoms with Crippen molar-refractivity contribution in [2.45, 2.75) is 63.3 Å². The van der Waals surface area contributed by atoms with Gasteiger partial charge in [0.1, 0.15) is 0 Å². The van der Waals surface area contributed by atoms with Crippen LogP contribution >= 0.6 is 0 Å². The summed E-state index contributed by atoms with van der Waals surface area (Å²) in [6.45, 7) is 0. The minimum atomic E-state index is 0.564. The van der Waals surface area contributed by atoms with Gasteiger partial charge in [-0.1, -0.05) is 30.9 Å². The Bertz CT molecular complexity index is 361. The van der Waals surface area contributed by atoms with Gasteiger partial charge in [0, 0.05) is 5.92 Å². The van der Waals surface area contributed by atoms with Crippen molar-refractivity contribution in [3.05, 3.63) is 5.69 Å². The number of aromatic nitrogens is 3. The molecular weight excluding hydrogens is 200 g/mol. The summed E-state index contributed by atoms with van der Waals surface area (Å²) in [5.74, 6) is 1.31. The molecule has 88 valence electrons. The second-order valence-corrected chi connectivity index (χ2v) is 5.22. The summed E-state index contributed by atoms with van der Waals surface area (Å²) >= 11 is 0. The summed E-state index contributed by atoms with van der Waals surface area (Å²) in [6.07, 6.45) is 10.4. The predicted octanol–water partition coefficient (Wildman–Crippen LogP) is 2.63. The minimum absolute atomic E-state index is 0.564. The zero-order chi connectivity index (χ0) is 11.0. The maximum atomic E-state index is 5.96. The van der Waals surface area contributed by atoms with Gasteiger partial charge in [0.05, 0.1) is 11.7 Å². The lowest BCUT2D eigenvalue weighted by Crippen LogP contribution is -2.21. The van der Waals surface area contributed by atoms with Crippen LogP contribution in [0.2, 0.25) is 0 Å². The van der Waals surface area contributed by atoms with Crippen molar-refractivity contribution < 1.29 is 0 Å². The molecule has 0 atom stereocenters. The van der Waals surface area contributed by atoms with E-state index in [1.807, 2.05) is 0 Å². The zero-order valence-electron chi connectivity index (χ0n) is 9.73. The standard InChI is InChI=1S/C12H20N4/c13-12-11(9-5-4-6-9)16(15-14-12)10-7-2-1-3-8-10/h9-10H,1-8,13H2. The van der Waals surface area contributed by atoms with Crippen molar-refractivity contribution in [2.75, 3.05) is 5.73 Å². The summed E-state index contributed by atoms with van der Waals surface area (Å²) < 4.78 is 2.15. The Morgan fingerprint density at radius 1 is 1.00 bits per heavy atom. The molecule has 2 aliphatic rings. The Morgan fingerprint density at radius 3 is 2.38 bits per heavy atom. The molecule has 0 aliphatic heterocycles. The Kier molecular flexibility index (Phi) is 2.58. The van der Waals surface area contributed by atoms with Crippen molar-refractivity contribution in [1.29, 1.82) is 0 Å². The number of rotatable bonds is 2. The van der Waals surface area contributed by atoms with Crippen molar-refractivity contribution >= 4 is 5.82 Å². The van der Waals surface area contributed by atoms with Crippen molar-refractivity contribution in [3.8, 4) is 0 Å². The molecule has 16 heavy (non-hydrogen) atoms. The fourth-order valence-corrected chi connectivity index (χ4v) is 2.99. The van der Waals surface area contributed by atoms with Crippen LogP contribution in [-0.4, -0.2) is 15.0 Å². The van der Waals surface area contributed by atoms with Gasteiger partial charge in [-0.25, -0.2) is 4.68 Å². The van der Waals surface area contributed by atoms with E-state index < -0.39 is 0 Å². The SMILES string of the molecule is Nc1nnn(C2CCCCC2)c1C1CCC1. The van der Waals surface area contributed by atoms with E-state index in [-0.39, 0.29) is 0 Å². The third kappa shape index (κ3) is 1.60. The van der Waals surface area contributed by atoms with Crippen LogP contribution in [0.15, 0.2) is 0 Å². The highest BCUT2D eigenvalue weighted by Crippen LogP contribution is 2.40. The van der Waals surface area contributed by atoms with E-state index in [4.69, 9.17) is 5.73 Å². The van der Waals surface area contributed by atoms with E-state index in [1.54, 1.807) is 0 Å². The molecule has 1 heterocycles. The third-order valence-electron chi connectivity index (χ3n) is 4.17. The second kappa shape index (κ2) is 4.07. The molecule has 4 nitrogen and oxygen atoms in total. The zero-order valence-corrected chi connectivity index (χ0v) is 9.73. The molecule has 2 N–H and O–H groups in total. The fourth-order valence-electron chi connectivity index (χ4n) is 2.99. The van der Waals surface area contributed by atoms with E-state index in [0.717, 1.165) is 0 Å². The predicted molar refractivity (Wildman–Crippen MR) is 63.1 cm³/mol. The number of anilines is 1. The first-order valence-corrected chi connectivity index (χ1v) is 6.57. The van der Waals surface area contributed by atoms with Gasteiger partial charge in [0.2, 0.25) is 0 Å². The first-order chi connectivity index (χ1) is 7.86. The molecule has 1 aromatic heterocycles. The van der Waals surface area contributed by atoms with Crippen LogP contribution in [0.1, 0.15) is 69.0 Å². The van der Waals surface area contributed by atoms with E-state index in [0.29, 0.717) is 17.8 Å². The van der Waals surface area contributed by atoms with Crippen molar-refractivity contribution in [2.24, 2.45) is 0 Å². The summed E-state index contributed by atoms with van der Waals surface area (Å²) in [4.78, 5) is 0.